The van der Waals surface area contributed by atoms with Crippen molar-refractivity contribution in [3.63, 3.8) is 0 Å². The van der Waals surface area contributed by atoms with Crippen molar-refractivity contribution >= 4 is 29.3 Å². The van der Waals surface area contributed by atoms with Crippen molar-refractivity contribution in [2.24, 2.45) is 18.9 Å². The van der Waals surface area contributed by atoms with E-state index in [0.29, 0.717) is 6.42 Å². The molecule has 1 aromatic heterocycles. The molecule has 0 radical (unpaired) electrons. The van der Waals surface area contributed by atoms with Crippen molar-refractivity contribution in [2.75, 3.05) is 26.2 Å². The van der Waals surface area contributed by atoms with Gasteiger partial charge in [-0.25, -0.2) is 4.79 Å². The molecule has 1 N–H and O–H groups in total. The number of imide groups is 1. The molecule has 3 fully saturated rings. The number of hydrogen-bond acceptors (Lipinski definition) is 5. The highest BCUT2D eigenvalue weighted by molar-refractivity contribution is 6.00. The highest BCUT2D eigenvalue weighted by Gasteiger charge is 2.32. The summed E-state index contributed by atoms with van der Waals surface area (Å²) in [6.07, 6.45) is 6.19. The molecule has 9 heteroatoms. The van der Waals surface area contributed by atoms with Gasteiger partial charge >= 0.3 is 5.69 Å². The Bertz CT molecular complexity index is 1150. The molecule has 3 amide bonds. The molecule has 0 spiro atoms. The second kappa shape index (κ2) is 9.37. The molecule has 1 aromatic carbocycles. The van der Waals surface area contributed by atoms with E-state index in [0.717, 1.165) is 80.4 Å². The second-order valence-corrected chi connectivity index (χ2v) is 10.1. The molecule has 182 valence electrons. The standard InChI is InChI=1S/C25H33N5O4/c1-27-22-14-17(2-3-20(22)30(25(27)34)21-4-5-23(32)26-24(21)33)15-28-10-6-18(7-11-28)19-8-12-29(16-31)13-9-19/h2-3,14,16,18-19,21H,4-13,15H2,1H3,(H,26,32,33). The van der Waals surface area contributed by atoms with Crippen LogP contribution in [-0.4, -0.2) is 63.3 Å². The Morgan fingerprint density at radius 3 is 2.26 bits per heavy atom. The molecular weight excluding hydrogens is 434 g/mol. The van der Waals surface area contributed by atoms with Gasteiger partial charge in [-0.3, -0.25) is 33.7 Å². The van der Waals surface area contributed by atoms with Gasteiger partial charge in [0.05, 0.1) is 11.0 Å². The third kappa shape index (κ3) is 4.29. The van der Waals surface area contributed by atoms with E-state index in [1.54, 1.807) is 11.6 Å². The maximum Gasteiger partial charge on any atom is 0.329 e. The molecule has 0 bridgehead atoms. The Morgan fingerprint density at radius 1 is 0.941 bits per heavy atom. The molecule has 4 heterocycles. The summed E-state index contributed by atoms with van der Waals surface area (Å²) >= 11 is 0. The SMILES string of the molecule is Cn1c(=O)n(C2CCC(=O)NC2=O)c2ccc(CN3CCC(C4CCN(C=O)CC4)CC3)cc21. The van der Waals surface area contributed by atoms with E-state index in [4.69, 9.17) is 0 Å². The van der Waals surface area contributed by atoms with Gasteiger partial charge in [-0.05, 0) is 74.7 Å². The fourth-order valence-electron chi connectivity index (χ4n) is 6.07. The first kappa shape index (κ1) is 22.8. The molecule has 1 atom stereocenters. The van der Waals surface area contributed by atoms with E-state index < -0.39 is 11.9 Å². The summed E-state index contributed by atoms with van der Waals surface area (Å²) in [7, 11) is 1.73. The molecule has 1 unspecified atom stereocenters. The normalized spacial score (nSPS) is 23.4. The number of nitrogens with zero attached hydrogens (tertiary/aromatic N) is 4. The van der Waals surface area contributed by atoms with Crippen molar-refractivity contribution in [2.45, 2.75) is 51.1 Å². The lowest BCUT2D eigenvalue weighted by Crippen LogP contribution is -2.44. The fraction of sp³-hybridized carbons (Fsp3) is 0.600. The molecule has 2 aromatic rings. The number of benzene rings is 1. The van der Waals surface area contributed by atoms with Crippen LogP contribution in [0.15, 0.2) is 23.0 Å². The Morgan fingerprint density at radius 2 is 1.62 bits per heavy atom. The molecule has 5 rings (SSSR count). The molecule has 9 nitrogen and oxygen atoms in total. The van der Waals surface area contributed by atoms with E-state index in [-0.39, 0.29) is 18.0 Å². The number of carbonyl (C=O) groups excluding carboxylic acids is 3. The van der Waals surface area contributed by atoms with Gasteiger partial charge in [0.1, 0.15) is 6.04 Å². The Hall–Kier alpha value is -2.94. The zero-order valence-electron chi connectivity index (χ0n) is 19.7. The van der Waals surface area contributed by atoms with Crippen LogP contribution in [0, 0.1) is 11.8 Å². The Kier molecular flexibility index (Phi) is 6.29. The topological polar surface area (TPSA) is 96.6 Å². The number of nitrogens with one attached hydrogen (secondary N) is 1. The van der Waals surface area contributed by atoms with Crippen molar-refractivity contribution < 1.29 is 14.4 Å². The van der Waals surface area contributed by atoms with Crippen LogP contribution in [0.5, 0.6) is 0 Å². The van der Waals surface area contributed by atoms with Crippen molar-refractivity contribution in [1.29, 1.82) is 0 Å². The van der Waals surface area contributed by atoms with Gasteiger partial charge < -0.3 is 4.90 Å². The molecule has 34 heavy (non-hydrogen) atoms. The first-order valence-electron chi connectivity index (χ1n) is 12.4. The van der Waals surface area contributed by atoms with Gasteiger partial charge in [0.2, 0.25) is 18.2 Å². The lowest BCUT2D eigenvalue weighted by atomic mass is 9.79. The predicted octanol–water partition coefficient (Wildman–Crippen LogP) is 1.40. The highest BCUT2D eigenvalue weighted by Crippen LogP contribution is 2.33. The monoisotopic (exact) mass is 467 g/mol. The van der Waals surface area contributed by atoms with Crippen LogP contribution in [0.1, 0.15) is 50.1 Å². The summed E-state index contributed by atoms with van der Waals surface area (Å²) < 4.78 is 3.13. The average molecular weight is 468 g/mol. The van der Waals surface area contributed by atoms with Gasteiger partial charge in [0.25, 0.3) is 0 Å². The lowest BCUT2D eigenvalue weighted by Gasteiger charge is -2.39. The number of aromatic nitrogens is 2. The summed E-state index contributed by atoms with van der Waals surface area (Å²) in [6.45, 7) is 4.75. The third-order valence-corrected chi connectivity index (χ3v) is 8.10. The van der Waals surface area contributed by atoms with Crippen LogP contribution in [0.4, 0.5) is 0 Å². The number of likely N-dealkylation sites (tertiary alicyclic amines) is 2. The molecule has 0 aliphatic carbocycles. The third-order valence-electron chi connectivity index (χ3n) is 8.10. The number of carbonyl (C=O) groups is 3. The minimum Gasteiger partial charge on any atom is -0.345 e. The van der Waals surface area contributed by atoms with Crippen LogP contribution in [0.2, 0.25) is 0 Å². The number of aryl methyl sites for hydroxylation is 1. The average Bonchev–Trinajstić information content (AvgIpc) is 3.09. The summed E-state index contributed by atoms with van der Waals surface area (Å²) in [5.74, 6) is 0.786. The van der Waals surface area contributed by atoms with E-state index in [9.17, 15) is 19.2 Å². The maximum absolute atomic E-state index is 13.0. The van der Waals surface area contributed by atoms with E-state index in [1.165, 1.54) is 17.4 Å². The highest BCUT2D eigenvalue weighted by atomic mass is 16.2. The van der Waals surface area contributed by atoms with Crippen LogP contribution >= 0.6 is 0 Å². The second-order valence-electron chi connectivity index (χ2n) is 10.1. The Labute approximate surface area is 198 Å². The minimum absolute atomic E-state index is 0.233. The molecule has 3 aliphatic heterocycles. The predicted molar refractivity (Wildman–Crippen MR) is 127 cm³/mol. The Balaban J connectivity index is 1.26. The zero-order chi connectivity index (χ0) is 23.8. The van der Waals surface area contributed by atoms with Gasteiger partial charge in [0, 0.05) is 33.1 Å². The largest absolute Gasteiger partial charge is 0.345 e. The molecule has 3 aliphatic rings. The number of piperidine rings is 3. The maximum atomic E-state index is 13.0. The number of amides is 3. The number of hydrogen-bond donors (Lipinski definition) is 1. The zero-order valence-corrected chi connectivity index (χ0v) is 19.7. The smallest absolute Gasteiger partial charge is 0.329 e. The lowest BCUT2D eigenvalue weighted by molar-refractivity contribution is -0.135. The molecule has 0 saturated carbocycles. The van der Waals surface area contributed by atoms with Crippen LogP contribution < -0.4 is 11.0 Å². The van der Waals surface area contributed by atoms with Crippen molar-refractivity contribution in [1.82, 2.24) is 24.3 Å². The van der Waals surface area contributed by atoms with E-state index in [2.05, 4.69) is 16.3 Å². The van der Waals surface area contributed by atoms with Crippen LogP contribution in [0.3, 0.4) is 0 Å². The van der Waals surface area contributed by atoms with E-state index >= 15 is 0 Å². The van der Waals surface area contributed by atoms with Gasteiger partial charge in [-0.15, -0.1) is 0 Å². The summed E-state index contributed by atoms with van der Waals surface area (Å²) in [5, 5.41) is 2.36. The van der Waals surface area contributed by atoms with Gasteiger partial charge in [-0.1, -0.05) is 6.07 Å². The van der Waals surface area contributed by atoms with Gasteiger partial charge in [-0.2, -0.15) is 0 Å². The number of fused-ring (bicyclic) bond motifs is 1. The van der Waals surface area contributed by atoms with Gasteiger partial charge in [0.15, 0.2) is 0 Å². The number of imidazole rings is 1. The van der Waals surface area contributed by atoms with Crippen LogP contribution in [-0.2, 0) is 28.0 Å². The van der Waals surface area contributed by atoms with Crippen LogP contribution in [0.25, 0.3) is 11.0 Å². The van der Waals surface area contributed by atoms with Crippen molar-refractivity contribution in [3.05, 3.63) is 34.2 Å². The number of rotatable bonds is 5. The molecular formula is C25H33N5O4. The first-order valence-corrected chi connectivity index (χ1v) is 12.4. The first-order chi connectivity index (χ1) is 16.4. The van der Waals surface area contributed by atoms with E-state index in [1.807, 2.05) is 17.0 Å². The summed E-state index contributed by atoms with van der Waals surface area (Å²) in [4.78, 5) is 52.2. The molecule has 3 saturated heterocycles. The fourth-order valence-corrected chi connectivity index (χ4v) is 6.07. The summed E-state index contributed by atoms with van der Waals surface area (Å²) in [6, 6.07) is 5.38. The summed E-state index contributed by atoms with van der Waals surface area (Å²) in [5.41, 5.74) is 2.46. The van der Waals surface area contributed by atoms with Crippen molar-refractivity contribution in [3.8, 4) is 0 Å². The quantitative estimate of drug-likeness (QED) is 0.530. The minimum atomic E-state index is -0.655.